The number of hydrogen-bond donors (Lipinski definition) is 0. The van der Waals surface area contributed by atoms with E-state index >= 15 is 0 Å². The first-order chi connectivity index (χ1) is 14.0. The van der Waals surface area contributed by atoms with E-state index in [1.54, 1.807) is 17.7 Å². The fourth-order valence-electron chi connectivity index (χ4n) is 3.96. The lowest BCUT2D eigenvalue weighted by Gasteiger charge is -2.22. The van der Waals surface area contributed by atoms with E-state index in [0.717, 1.165) is 22.5 Å². The Morgan fingerprint density at radius 2 is 1.59 bits per heavy atom. The van der Waals surface area contributed by atoms with Crippen LogP contribution in [0.3, 0.4) is 0 Å². The monoisotopic (exact) mass is 394 g/mol. The molecule has 0 spiro atoms. The molecule has 0 aliphatic carbocycles. The molecule has 0 bridgehead atoms. The van der Waals surface area contributed by atoms with Gasteiger partial charge >= 0.3 is 0 Å². The van der Waals surface area contributed by atoms with E-state index in [0.29, 0.717) is 0 Å². The van der Waals surface area contributed by atoms with Gasteiger partial charge in [0.15, 0.2) is 0 Å². The van der Waals surface area contributed by atoms with E-state index in [-0.39, 0.29) is 5.41 Å². The highest BCUT2D eigenvalue weighted by molar-refractivity contribution is 7.17. The molecule has 2 heterocycles. The maximum atomic E-state index is 4.62. The fraction of sp³-hybridized carbons (Fsp3) is 0.154. The molecule has 5 aromatic rings. The van der Waals surface area contributed by atoms with Gasteiger partial charge in [0.1, 0.15) is 6.33 Å². The van der Waals surface area contributed by atoms with Crippen LogP contribution in [-0.4, -0.2) is 9.97 Å². The van der Waals surface area contributed by atoms with Crippen LogP contribution in [0.25, 0.3) is 43.4 Å². The van der Waals surface area contributed by atoms with Crippen molar-refractivity contribution in [2.75, 3.05) is 0 Å². The topological polar surface area (TPSA) is 25.8 Å². The third-order valence-electron chi connectivity index (χ3n) is 5.40. The Hall–Kier alpha value is -3.04. The lowest BCUT2D eigenvalue weighted by molar-refractivity contribution is 0.596. The van der Waals surface area contributed by atoms with Crippen LogP contribution in [-0.2, 0) is 5.41 Å². The van der Waals surface area contributed by atoms with E-state index in [1.165, 1.54) is 26.4 Å². The van der Waals surface area contributed by atoms with Crippen LogP contribution in [0.15, 0.2) is 78.4 Å². The largest absolute Gasteiger partial charge is 0.236 e. The summed E-state index contributed by atoms with van der Waals surface area (Å²) in [5.74, 6) is 0. The number of benzene rings is 3. The highest BCUT2D eigenvalue weighted by Crippen LogP contribution is 2.36. The van der Waals surface area contributed by atoms with Gasteiger partial charge in [-0.05, 0) is 57.5 Å². The van der Waals surface area contributed by atoms with Crippen molar-refractivity contribution in [3.8, 4) is 22.5 Å². The van der Waals surface area contributed by atoms with Gasteiger partial charge in [0.2, 0.25) is 0 Å². The van der Waals surface area contributed by atoms with Gasteiger partial charge in [-0.1, -0.05) is 57.2 Å². The first kappa shape index (κ1) is 18.0. The Bertz CT molecular complexity index is 1340. The summed E-state index contributed by atoms with van der Waals surface area (Å²) in [5, 5.41) is 5.93. The highest BCUT2D eigenvalue weighted by Gasteiger charge is 2.19. The predicted octanol–water partition coefficient (Wildman–Crippen LogP) is 7.48. The molecule has 0 aliphatic rings. The van der Waals surface area contributed by atoms with E-state index in [2.05, 4.69) is 103 Å². The molecule has 142 valence electrons. The maximum Gasteiger partial charge on any atom is 0.116 e. The second kappa shape index (κ2) is 6.78. The Morgan fingerprint density at radius 1 is 0.759 bits per heavy atom. The molecule has 0 saturated carbocycles. The molecule has 0 amide bonds. The molecule has 2 nitrogen and oxygen atoms in total. The van der Waals surface area contributed by atoms with Crippen LogP contribution in [0.4, 0.5) is 0 Å². The van der Waals surface area contributed by atoms with Gasteiger partial charge in [-0.2, -0.15) is 0 Å². The first-order valence-electron chi connectivity index (χ1n) is 9.83. The number of fused-ring (bicyclic) bond motifs is 2. The zero-order chi connectivity index (χ0) is 20.0. The summed E-state index contributed by atoms with van der Waals surface area (Å²) in [5.41, 5.74) is 5.60. The van der Waals surface area contributed by atoms with Crippen molar-refractivity contribution >= 4 is 32.2 Å². The molecule has 0 unspecified atom stereocenters. The quantitative estimate of drug-likeness (QED) is 0.310. The molecule has 0 radical (unpaired) electrons. The number of hydrogen-bond acceptors (Lipinski definition) is 3. The molecule has 3 heteroatoms. The summed E-state index contributed by atoms with van der Waals surface area (Å²) in [6, 6.07) is 23.8. The molecule has 29 heavy (non-hydrogen) atoms. The van der Waals surface area contributed by atoms with Crippen LogP contribution in [0.1, 0.15) is 26.3 Å². The van der Waals surface area contributed by atoms with Gasteiger partial charge in [0.25, 0.3) is 0 Å². The minimum atomic E-state index is 0.0493. The minimum Gasteiger partial charge on any atom is -0.236 e. The predicted molar refractivity (Wildman–Crippen MR) is 124 cm³/mol. The number of rotatable bonds is 2. The van der Waals surface area contributed by atoms with Gasteiger partial charge in [-0.3, -0.25) is 0 Å². The molecule has 0 aliphatic heterocycles. The maximum absolute atomic E-state index is 4.62. The van der Waals surface area contributed by atoms with Crippen LogP contribution >= 0.6 is 11.3 Å². The van der Waals surface area contributed by atoms with Gasteiger partial charge in [-0.25, -0.2) is 9.97 Å². The van der Waals surface area contributed by atoms with E-state index < -0.39 is 0 Å². The van der Waals surface area contributed by atoms with Crippen LogP contribution < -0.4 is 0 Å². The third-order valence-corrected chi connectivity index (χ3v) is 6.29. The molecular weight excluding hydrogens is 372 g/mol. The van der Waals surface area contributed by atoms with Crippen molar-refractivity contribution in [3.05, 3.63) is 84.0 Å². The molecule has 5 rings (SSSR count). The summed E-state index contributed by atoms with van der Waals surface area (Å²) in [6.07, 6.45) is 1.68. The number of aromatic nitrogens is 2. The van der Waals surface area contributed by atoms with Gasteiger partial charge in [0, 0.05) is 21.2 Å². The summed E-state index contributed by atoms with van der Waals surface area (Å²) < 4.78 is 1.28. The molecule has 0 saturated heterocycles. The number of nitrogens with zero attached hydrogens (tertiary/aromatic N) is 2. The summed E-state index contributed by atoms with van der Waals surface area (Å²) in [4.78, 5) is 9.22. The summed E-state index contributed by atoms with van der Waals surface area (Å²) in [6.45, 7) is 6.80. The van der Waals surface area contributed by atoms with Crippen molar-refractivity contribution in [1.29, 1.82) is 0 Å². The first-order valence-corrected chi connectivity index (χ1v) is 10.7. The van der Waals surface area contributed by atoms with Crippen LogP contribution in [0.5, 0.6) is 0 Å². The molecule has 0 atom stereocenters. The van der Waals surface area contributed by atoms with Crippen molar-refractivity contribution in [2.45, 2.75) is 26.2 Å². The fourth-order valence-corrected chi connectivity index (χ4v) is 4.77. The normalized spacial score (nSPS) is 12.0. The molecule has 0 fully saturated rings. The molecule has 2 aromatic heterocycles. The SMILES string of the molecule is CC(C)(C)c1cc(-c2cc(-c3cccc4sccc34)ncn2)cc2ccccc12. The van der Waals surface area contributed by atoms with E-state index in [1.807, 2.05) is 0 Å². The number of thiophene rings is 1. The Balaban J connectivity index is 1.70. The molecule has 3 aromatic carbocycles. The van der Waals surface area contributed by atoms with Gasteiger partial charge in [0.05, 0.1) is 11.4 Å². The standard InChI is InChI=1S/C26H22N2S/c1-26(2,3)22-14-18(13-17-7-4-5-8-19(17)22)23-15-24(28-16-27-23)20-9-6-10-25-21(20)11-12-29-25/h4-16H,1-3H3. The average Bonchev–Trinajstić information content (AvgIpc) is 3.21. The second-order valence-electron chi connectivity index (χ2n) is 8.42. The molecule has 0 N–H and O–H groups in total. The Kier molecular flexibility index (Phi) is 4.21. The third kappa shape index (κ3) is 3.22. The van der Waals surface area contributed by atoms with E-state index in [4.69, 9.17) is 0 Å². The zero-order valence-corrected chi connectivity index (χ0v) is 17.6. The smallest absolute Gasteiger partial charge is 0.116 e. The van der Waals surface area contributed by atoms with Crippen LogP contribution in [0, 0.1) is 0 Å². The summed E-state index contributed by atoms with van der Waals surface area (Å²) >= 11 is 1.76. The Morgan fingerprint density at radius 3 is 2.45 bits per heavy atom. The lowest BCUT2D eigenvalue weighted by Crippen LogP contribution is -2.12. The molecular formula is C26H22N2S. The summed E-state index contributed by atoms with van der Waals surface area (Å²) in [7, 11) is 0. The Labute approximate surface area is 174 Å². The van der Waals surface area contributed by atoms with Crippen molar-refractivity contribution in [3.63, 3.8) is 0 Å². The van der Waals surface area contributed by atoms with Crippen molar-refractivity contribution in [1.82, 2.24) is 9.97 Å². The van der Waals surface area contributed by atoms with Crippen molar-refractivity contribution < 1.29 is 0 Å². The van der Waals surface area contributed by atoms with Gasteiger partial charge in [-0.15, -0.1) is 11.3 Å². The lowest BCUT2D eigenvalue weighted by atomic mass is 9.82. The van der Waals surface area contributed by atoms with Crippen molar-refractivity contribution in [2.24, 2.45) is 0 Å². The highest BCUT2D eigenvalue weighted by atomic mass is 32.1. The minimum absolute atomic E-state index is 0.0493. The van der Waals surface area contributed by atoms with E-state index in [9.17, 15) is 0 Å². The zero-order valence-electron chi connectivity index (χ0n) is 16.8. The second-order valence-corrected chi connectivity index (χ2v) is 9.37. The van der Waals surface area contributed by atoms with Crippen LogP contribution in [0.2, 0.25) is 0 Å². The van der Waals surface area contributed by atoms with Gasteiger partial charge < -0.3 is 0 Å². The average molecular weight is 395 g/mol.